The molecule has 0 saturated carbocycles. The van der Waals surface area contributed by atoms with Crippen LogP contribution in [0, 0.1) is 10.6 Å². The number of hydrogen-bond donors (Lipinski definition) is 0. The lowest BCUT2D eigenvalue weighted by molar-refractivity contribution is 0.0520. The highest BCUT2D eigenvalue weighted by Gasteiger charge is 2.19. The van der Waals surface area contributed by atoms with Crippen LogP contribution in [0.25, 0.3) is 16.4 Å². The summed E-state index contributed by atoms with van der Waals surface area (Å²) in [5.41, 5.74) is 3.38. The van der Waals surface area contributed by atoms with E-state index in [-0.39, 0.29) is 0 Å². The third-order valence-corrected chi connectivity index (χ3v) is 5.34. The number of nitrogens with zero attached hydrogens (tertiary/aromatic N) is 3. The molecule has 0 N–H and O–H groups in total. The van der Waals surface area contributed by atoms with E-state index in [0.29, 0.717) is 17.4 Å². The predicted octanol–water partition coefficient (Wildman–Crippen LogP) is 4.09. The first kappa shape index (κ1) is 16.1. The number of hydrogen-bond acceptors (Lipinski definition) is 5. The van der Waals surface area contributed by atoms with Gasteiger partial charge in [0.15, 0.2) is 5.69 Å². The summed E-state index contributed by atoms with van der Waals surface area (Å²) in [5, 5.41) is 7.03. The van der Waals surface area contributed by atoms with Gasteiger partial charge >= 0.3 is 5.97 Å². The quantitative estimate of drug-likeness (QED) is 0.454. The number of carbonyl (C=O) groups is 1. The third-order valence-electron chi connectivity index (χ3n) is 3.26. The van der Waals surface area contributed by atoms with Gasteiger partial charge < -0.3 is 4.74 Å². The van der Waals surface area contributed by atoms with Crippen LogP contribution in [0.1, 0.15) is 23.0 Å². The first-order valence-electron chi connectivity index (χ1n) is 7.05. The zero-order valence-corrected chi connectivity index (χ0v) is 15.6. The molecule has 3 rings (SSSR count). The van der Waals surface area contributed by atoms with Crippen molar-refractivity contribution in [2.75, 3.05) is 6.61 Å². The summed E-state index contributed by atoms with van der Waals surface area (Å²) < 4.78 is 7.73. The Kier molecular flexibility index (Phi) is 4.76. The molecule has 0 aliphatic heterocycles. The lowest BCUT2D eigenvalue weighted by Crippen LogP contribution is -2.06. The van der Waals surface area contributed by atoms with Crippen LogP contribution in [0.3, 0.4) is 0 Å². The average Bonchev–Trinajstić information content (AvgIpc) is 3.15. The Morgan fingerprint density at radius 1 is 1.35 bits per heavy atom. The van der Waals surface area contributed by atoms with Gasteiger partial charge in [0, 0.05) is 16.5 Å². The molecule has 0 aliphatic rings. The van der Waals surface area contributed by atoms with E-state index in [1.807, 2.05) is 37.3 Å². The van der Waals surface area contributed by atoms with Gasteiger partial charge in [0.1, 0.15) is 3.70 Å². The van der Waals surface area contributed by atoms with Crippen molar-refractivity contribution < 1.29 is 9.53 Å². The van der Waals surface area contributed by atoms with Gasteiger partial charge in [-0.25, -0.2) is 9.78 Å². The van der Waals surface area contributed by atoms with Crippen molar-refractivity contribution in [2.45, 2.75) is 13.8 Å². The summed E-state index contributed by atoms with van der Waals surface area (Å²) in [6, 6.07) is 10.0. The lowest BCUT2D eigenvalue weighted by Gasteiger charge is -1.98. The van der Waals surface area contributed by atoms with Crippen LogP contribution < -0.4 is 0 Å². The molecule has 0 amide bonds. The van der Waals surface area contributed by atoms with Crippen molar-refractivity contribution >= 4 is 39.9 Å². The van der Waals surface area contributed by atoms with Gasteiger partial charge in [-0.05, 0) is 36.4 Å². The standard InChI is InChI=1S/C16H14IN3O2S/c1-3-22-15(21)12-9-23-16(18-12)20-14(17)10(2)13(19-20)11-7-5-4-6-8-11/h4-9H,3H2,1-2H3. The molecule has 0 atom stereocenters. The number of rotatable bonds is 4. The number of carbonyl (C=O) groups excluding carboxylic acids is 1. The smallest absolute Gasteiger partial charge is 0.357 e. The van der Waals surface area contributed by atoms with E-state index in [1.165, 1.54) is 11.3 Å². The van der Waals surface area contributed by atoms with Crippen LogP contribution in [-0.4, -0.2) is 27.3 Å². The summed E-state index contributed by atoms with van der Waals surface area (Å²) in [6.07, 6.45) is 0. The molecule has 0 radical (unpaired) electrons. The van der Waals surface area contributed by atoms with Crippen LogP contribution in [-0.2, 0) is 4.74 Å². The molecule has 2 heterocycles. The van der Waals surface area contributed by atoms with Crippen molar-refractivity contribution in [1.82, 2.24) is 14.8 Å². The maximum Gasteiger partial charge on any atom is 0.357 e. The van der Waals surface area contributed by atoms with E-state index in [2.05, 4.69) is 32.7 Å². The van der Waals surface area contributed by atoms with Gasteiger partial charge in [0.05, 0.1) is 12.3 Å². The minimum absolute atomic E-state index is 0.317. The van der Waals surface area contributed by atoms with Crippen LogP contribution in [0.4, 0.5) is 0 Å². The Morgan fingerprint density at radius 2 is 2.09 bits per heavy atom. The van der Waals surface area contributed by atoms with Gasteiger partial charge in [-0.1, -0.05) is 30.3 Å². The average molecular weight is 439 g/mol. The Hall–Kier alpha value is -1.74. The molecule has 7 heteroatoms. The fourth-order valence-electron chi connectivity index (χ4n) is 2.13. The van der Waals surface area contributed by atoms with E-state index in [9.17, 15) is 4.79 Å². The number of esters is 1. The second-order valence-electron chi connectivity index (χ2n) is 4.78. The van der Waals surface area contributed by atoms with Crippen LogP contribution in [0.15, 0.2) is 35.7 Å². The first-order chi connectivity index (χ1) is 11.1. The molecule has 0 aliphatic carbocycles. The molecule has 23 heavy (non-hydrogen) atoms. The SMILES string of the molecule is CCOC(=O)c1csc(-n2nc(-c3ccccc3)c(C)c2I)n1. The van der Waals surface area contributed by atoms with Crippen molar-refractivity contribution in [1.29, 1.82) is 0 Å². The van der Waals surface area contributed by atoms with Crippen LogP contribution >= 0.6 is 33.9 Å². The number of ether oxygens (including phenoxy) is 1. The van der Waals surface area contributed by atoms with Crippen molar-refractivity contribution in [3.8, 4) is 16.4 Å². The highest BCUT2D eigenvalue weighted by atomic mass is 127. The maximum atomic E-state index is 11.8. The Morgan fingerprint density at radius 3 is 2.78 bits per heavy atom. The van der Waals surface area contributed by atoms with E-state index < -0.39 is 5.97 Å². The van der Waals surface area contributed by atoms with Gasteiger partial charge in [0.25, 0.3) is 0 Å². The zero-order chi connectivity index (χ0) is 16.4. The molecule has 5 nitrogen and oxygen atoms in total. The van der Waals surface area contributed by atoms with Crippen LogP contribution in [0.2, 0.25) is 0 Å². The largest absolute Gasteiger partial charge is 0.461 e. The predicted molar refractivity (Wildman–Crippen MR) is 98.1 cm³/mol. The molecule has 2 aromatic heterocycles. The van der Waals surface area contributed by atoms with Crippen LogP contribution in [0.5, 0.6) is 0 Å². The molecule has 0 spiro atoms. The second-order valence-corrected chi connectivity index (χ2v) is 6.64. The fourth-order valence-corrected chi connectivity index (χ4v) is 3.64. The molecule has 0 fully saturated rings. The maximum absolute atomic E-state index is 11.8. The van der Waals surface area contributed by atoms with Crippen molar-refractivity contribution in [2.24, 2.45) is 0 Å². The first-order valence-corrected chi connectivity index (χ1v) is 9.01. The fraction of sp³-hybridized carbons (Fsp3) is 0.188. The van der Waals surface area contributed by atoms with E-state index in [0.717, 1.165) is 20.5 Å². The summed E-state index contributed by atoms with van der Waals surface area (Å²) in [7, 11) is 0. The molecule has 118 valence electrons. The van der Waals surface area contributed by atoms with E-state index in [4.69, 9.17) is 4.74 Å². The van der Waals surface area contributed by atoms with Gasteiger partial charge in [-0.15, -0.1) is 11.3 Å². The van der Waals surface area contributed by atoms with E-state index >= 15 is 0 Å². The zero-order valence-electron chi connectivity index (χ0n) is 12.6. The molecule has 0 saturated heterocycles. The summed E-state index contributed by atoms with van der Waals surface area (Å²) in [6.45, 7) is 4.15. The number of thiazole rings is 1. The Labute approximate surface area is 151 Å². The second kappa shape index (κ2) is 6.79. The lowest BCUT2D eigenvalue weighted by atomic mass is 10.1. The third kappa shape index (κ3) is 3.16. The van der Waals surface area contributed by atoms with Gasteiger partial charge in [0.2, 0.25) is 5.13 Å². The van der Waals surface area contributed by atoms with Gasteiger partial charge in [-0.3, -0.25) is 0 Å². The highest BCUT2D eigenvalue weighted by molar-refractivity contribution is 14.1. The summed E-state index contributed by atoms with van der Waals surface area (Å²) in [5.74, 6) is -0.405. The summed E-state index contributed by atoms with van der Waals surface area (Å²) >= 11 is 3.62. The van der Waals surface area contributed by atoms with E-state index in [1.54, 1.807) is 17.0 Å². The molecular formula is C16H14IN3O2S. The van der Waals surface area contributed by atoms with Gasteiger partial charge in [-0.2, -0.15) is 9.78 Å². The Bertz CT molecular complexity index is 842. The van der Waals surface area contributed by atoms with Crippen molar-refractivity contribution in [3.63, 3.8) is 0 Å². The minimum Gasteiger partial charge on any atom is -0.461 e. The molecule has 0 unspecified atom stereocenters. The Balaban J connectivity index is 2.00. The van der Waals surface area contributed by atoms with Crippen molar-refractivity contribution in [3.05, 3.63) is 50.7 Å². The monoisotopic (exact) mass is 439 g/mol. The number of halogens is 1. The molecule has 1 aromatic carbocycles. The number of benzene rings is 1. The topological polar surface area (TPSA) is 57.0 Å². The minimum atomic E-state index is -0.405. The summed E-state index contributed by atoms with van der Waals surface area (Å²) in [4.78, 5) is 16.1. The number of aromatic nitrogens is 3. The normalized spacial score (nSPS) is 10.7. The molecule has 3 aromatic rings. The molecular weight excluding hydrogens is 425 g/mol. The highest BCUT2D eigenvalue weighted by Crippen LogP contribution is 2.28. The molecule has 0 bridgehead atoms.